The molecule has 0 unspecified atom stereocenters. The van der Waals surface area contributed by atoms with Gasteiger partial charge in [-0.2, -0.15) is 5.26 Å². The molecule has 37 heavy (non-hydrogen) atoms. The lowest BCUT2D eigenvalue weighted by Gasteiger charge is -2.14. The minimum atomic E-state index is -0.112. The first-order valence-electron chi connectivity index (χ1n) is 11.4. The van der Waals surface area contributed by atoms with E-state index in [1.807, 2.05) is 61.5 Å². The molecule has 0 radical (unpaired) electrons. The number of hydrogen-bond donors (Lipinski definition) is 0. The molecule has 0 saturated carbocycles. The number of nitriles is 1. The van der Waals surface area contributed by atoms with Crippen molar-refractivity contribution in [2.24, 2.45) is 4.99 Å². The van der Waals surface area contributed by atoms with E-state index in [4.69, 9.17) is 14.2 Å². The Morgan fingerprint density at radius 2 is 1.84 bits per heavy atom. The summed E-state index contributed by atoms with van der Waals surface area (Å²) in [6, 6.07) is 20.4. The van der Waals surface area contributed by atoms with Gasteiger partial charge in [-0.1, -0.05) is 34.1 Å². The van der Waals surface area contributed by atoms with Gasteiger partial charge in [0.2, 0.25) is 0 Å². The maximum atomic E-state index is 13.1. The number of benzene rings is 3. The Labute approximate surface area is 228 Å². The van der Waals surface area contributed by atoms with Gasteiger partial charge in [0.1, 0.15) is 12.4 Å². The molecule has 7 nitrogen and oxygen atoms in total. The lowest BCUT2D eigenvalue weighted by Crippen LogP contribution is -2.28. The fraction of sp³-hybridized carbons (Fsp3) is 0.179. The van der Waals surface area contributed by atoms with E-state index >= 15 is 0 Å². The zero-order valence-corrected chi connectivity index (χ0v) is 22.9. The van der Waals surface area contributed by atoms with Gasteiger partial charge in [-0.3, -0.25) is 9.69 Å². The van der Waals surface area contributed by atoms with Gasteiger partial charge in [0.25, 0.3) is 5.91 Å². The van der Waals surface area contributed by atoms with Gasteiger partial charge in [-0.15, -0.1) is 0 Å². The molecule has 1 heterocycles. The maximum absolute atomic E-state index is 13.1. The number of amides is 1. The highest BCUT2D eigenvalue weighted by atomic mass is 79.9. The Morgan fingerprint density at radius 3 is 2.51 bits per heavy atom. The van der Waals surface area contributed by atoms with Gasteiger partial charge < -0.3 is 14.2 Å². The van der Waals surface area contributed by atoms with Crippen LogP contribution >= 0.6 is 27.7 Å². The minimum Gasteiger partial charge on any atom is -0.497 e. The third-order valence-corrected chi connectivity index (χ3v) is 7.29. The van der Waals surface area contributed by atoms with Crippen LogP contribution in [0.1, 0.15) is 23.6 Å². The molecule has 1 aliphatic heterocycles. The second kappa shape index (κ2) is 12.0. The van der Waals surface area contributed by atoms with Crippen LogP contribution in [0, 0.1) is 11.3 Å². The van der Waals surface area contributed by atoms with Crippen LogP contribution in [-0.4, -0.2) is 36.7 Å². The van der Waals surface area contributed by atoms with Crippen LogP contribution in [0.4, 0.5) is 5.69 Å². The highest BCUT2D eigenvalue weighted by Crippen LogP contribution is 2.39. The molecule has 9 heteroatoms. The van der Waals surface area contributed by atoms with Gasteiger partial charge in [-0.25, -0.2) is 4.99 Å². The van der Waals surface area contributed by atoms with Crippen LogP contribution in [0.25, 0.3) is 6.08 Å². The molecule has 0 spiro atoms. The van der Waals surface area contributed by atoms with E-state index in [9.17, 15) is 10.1 Å². The van der Waals surface area contributed by atoms with Crippen molar-refractivity contribution in [1.82, 2.24) is 4.90 Å². The number of amidine groups is 1. The lowest BCUT2D eigenvalue weighted by atomic mass is 10.1. The van der Waals surface area contributed by atoms with Crippen LogP contribution < -0.4 is 14.2 Å². The van der Waals surface area contributed by atoms with E-state index < -0.39 is 0 Å². The standard InChI is InChI=1S/C28H24BrN3O4S/c1-4-32-27(33)26(37-28(32)31-21-9-11-22(34-2)12-10-21)14-20-13-24(35-3)25(15-23(20)29)36-17-19-8-6-5-7-18(19)16-30/h5-15H,4,17H2,1-3H3/b26-14-,31-28?. The van der Waals surface area contributed by atoms with Gasteiger partial charge in [0, 0.05) is 16.6 Å². The van der Waals surface area contributed by atoms with Gasteiger partial charge >= 0.3 is 0 Å². The number of carbonyl (C=O) groups excluding carboxylic acids is 1. The molecule has 1 saturated heterocycles. The Kier molecular flexibility index (Phi) is 8.54. The second-order valence-electron chi connectivity index (χ2n) is 7.83. The van der Waals surface area contributed by atoms with Crippen molar-refractivity contribution >= 4 is 50.5 Å². The third-order valence-electron chi connectivity index (χ3n) is 5.59. The highest BCUT2D eigenvalue weighted by Gasteiger charge is 2.32. The van der Waals surface area contributed by atoms with E-state index in [0.29, 0.717) is 33.7 Å². The quantitative estimate of drug-likeness (QED) is 0.282. The normalized spacial score (nSPS) is 15.2. The van der Waals surface area contributed by atoms with Crippen LogP contribution in [-0.2, 0) is 11.4 Å². The number of aliphatic imine (C=N–C) groups is 1. The molecule has 0 bridgehead atoms. The van der Waals surface area contributed by atoms with Crippen molar-refractivity contribution in [3.63, 3.8) is 0 Å². The predicted molar refractivity (Wildman–Crippen MR) is 149 cm³/mol. The zero-order chi connectivity index (χ0) is 26.4. The van der Waals surface area contributed by atoms with Gasteiger partial charge in [0.05, 0.1) is 36.4 Å². The topological polar surface area (TPSA) is 84.2 Å². The Hall–Kier alpha value is -3.74. The summed E-state index contributed by atoms with van der Waals surface area (Å²) in [5, 5.41) is 9.94. The summed E-state index contributed by atoms with van der Waals surface area (Å²) in [6.07, 6.45) is 1.81. The fourth-order valence-corrected chi connectivity index (χ4v) is 5.11. The van der Waals surface area contributed by atoms with E-state index in [2.05, 4.69) is 27.0 Å². The molecule has 188 valence electrons. The first-order chi connectivity index (χ1) is 18.0. The second-order valence-corrected chi connectivity index (χ2v) is 9.70. The summed E-state index contributed by atoms with van der Waals surface area (Å²) in [5.74, 6) is 1.66. The monoisotopic (exact) mass is 577 g/mol. The number of ether oxygens (including phenoxy) is 3. The zero-order valence-electron chi connectivity index (χ0n) is 20.5. The summed E-state index contributed by atoms with van der Waals surface area (Å²) >= 11 is 4.92. The number of thioether (sulfide) groups is 1. The number of methoxy groups -OCH3 is 2. The molecule has 0 aromatic heterocycles. The molecule has 1 aliphatic rings. The van der Waals surface area contributed by atoms with Crippen LogP contribution in [0.3, 0.4) is 0 Å². The molecular weight excluding hydrogens is 554 g/mol. The number of halogens is 1. The Balaban J connectivity index is 1.59. The Morgan fingerprint density at radius 1 is 1.08 bits per heavy atom. The molecular formula is C28H24BrN3O4S. The van der Waals surface area contributed by atoms with Crippen LogP contribution in [0.15, 0.2) is 75.0 Å². The van der Waals surface area contributed by atoms with Crippen molar-refractivity contribution in [2.75, 3.05) is 20.8 Å². The number of hydrogen-bond acceptors (Lipinski definition) is 7. The molecule has 1 fully saturated rings. The molecule has 3 aromatic rings. The fourth-order valence-electron chi connectivity index (χ4n) is 3.62. The van der Waals surface area contributed by atoms with E-state index in [1.165, 1.54) is 11.8 Å². The van der Waals surface area contributed by atoms with E-state index in [-0.39, 0.29) is 12.5 Å². The third kappa shape index (κ3) is 5.98. The van der Waals surface area contributed by atoms with Crippen LogP contribution in [0.2, 0.25) is 0 Å². The minimum absolute atomic E-state index is 0.112. The van der Waals surface area contributed by atoms with Crippen LogP contribution in [0.5, 0.6) is 17.2 Å². The Bertz CT molecular complexity index is 1410. The number of carbonyl (C=O) groups is 1. The number of likely N-dealkylation sites (N-methyl/N-ethyl adjacent to an activating group) is 1. The highest BCUT2D eigenvalue weighted by molar-refractivity contribution is 9.10. The molecule has 4 rings (SSSR count). The summed E-state index contributed by atoms with van der Waals surface area (Å²) in [7, 11) is 3.17. The van der Waals surface area contributed by atoms with Gasteiger partial charge in [-0.05, 0) is 72.8 Å². The van der Waals surface area contributed by atoms with Crippen molar-refractivity contribution in [1.29, 1.82) is 5.26 Å². The van der Waals surface area contributed by atoms with Crippen molar-refractivity contribution in [3.05, 3.63) is 86.7 Å². The molecule has 3 aromatic carbocycles. The largest absolute Gasteiger partial charge is 0.497 e. The van der Waals surface area contributed by atoms with Crippen molar-refractivity contribution in [2.45, 2.75) is 13.5 Å². The van der Waals surface area contributed by atoms with E-state index in [1.54, 1.807) is 31.3 Å². The van der Waals surface area contributed by atoms with E-state index in [0.717, 1.165) is 27.0 Å². The lowest BCUT2D eigenvalue weighted by molar-refractivity contribution is -0.122. The molecule has 1 amide bonds. The van der Waals surface area contributed by atoms with Gasteiger partial charge in [0.15, 0.2) is 16.7 Å². The average molecular weight is 578 g/mol. The summed E-state index contributed by atoms with van der Waals surface area (Å²) in [5.41, 5.74) is 2.84. The first kappa shape index (κ1) is 26.3. The average Bonchev–Trinajstić information content (AvgIpc) is 3.22. The SMILES string of the molecule is CCN1C(=O)/C(=C/c2cc(OC)c(OCc3ccccc3C#N)cc2Br)SC1=Nc1ccc(OC)cc1. The predicted octanol–water partition coefficient (Wildman–Crippen LogP) is 6.54. The first-order valence-corrected chi connectivity index (χ1v) is 13.0. The smallest absolute Gasteiger partial charge is 0.266 e. The molecule has 0 atom stereocenters. The summed E-state index contributed by atoms with van der Waals surface area (Å²) in [4.78, 5) is 20.0. The van der Waals surface area contributed by atoms with Crippen molar-refractivity contribution in [3.8, 4) is 23.3 Å². The molecule has 0 aliphatic carbocycles. The maximum Gasteiger partial charge on any atom is 0.266 e. The number of nitrogens with zero attached hydrogens (tertiary/aromatic N) is 3. The van der Waals surface area contributed by atoms with Crippen molar-refractivity contribution < 1.29 is 19.0 Å². The number of rotatable bonds is 8. The summed E-state index contributed by atoms with van der Waals surface area (Å²) < 4.78 is 17.5. The summed E-state index contributed by atoms with van der Waals surface area (Å²) in [6.45, 7) is 2.64. The molecule has 0 N–H and O–H groups in total.